The zero-order chi connectivity index (χ0) is 24.4. The molecule has 0 aliphatic carbocycles. The third kappa shape index (κ3) is 9.26. The maximum atomic E-state index is 9.54. The fourth-order valence-corrected chi connectivity index (χ4v) is 4.86. The highest BCUT2D eigenvalue weighted by atomic mass is 32.2. The number of anilines is 2. The fourth-order valence-electron chi connectivity index (χ4n) is 3.62. The molecule has 1 unspecified atom stereocenters. The Balaban J connectivity index is 2.22. The molecule has 2 rings (SSSR count). The number of hydrogen-bond acceptors (Lipinski definition) is 8. The van der Waals surface area contributed by atoms with Gasteiger partial charge in [-0.25, -0.2) is 4.98 Å². The molecule has 0 saturated heterocycles. The van der Waals surface area contributed by atoms with Crippen LogP contribution < -0.4 is 10.6 Å². The SMILES string of the molecule is C=NC1=C(SCc2c(C)nc(NCC(C)(C)C)nc2NCCC(CC)CO)CCN(C)CC1. The molecule has 1 aromatic rings. The van der Waals surface area contributed by atoms with Crippen molar-refractivity contribution < 1.29 is 5.11 Å². The van der Waals surface area contributed by atoms with Gasteiger partial charge < -0.3 is 20.6 Å². The van der Waals surface area contributed by atoms with Crippen molar-refractivity contribution in [2.24, 2.45) is 16.3 Å². The van der Waals surface area contributed by atoms with Crippen molar-refractivity contribution >= 4 is 30.2 Å². The van der Waals surface area contributed by atoms with Crippen LogP contribution in [0.25, 0.3) is 0 Å². The Morgan fingerprint density at radius 2 is 1.94 bits per heavy atom. The molecule has 0 saturated carbocycles. The minimum absolute atomic E-state index is 0.141. The monoisotopic (exact) mass is 476 g/mol. The standard InChI is InChI=1S/C25H44N6OS/c1-8-19(15-32)9-12-27-23-20(18(2)29-24(30-23)28-17-25(3,4)5)16-33-22-11-14-31(7)13-10-21(22)26-6/h19,32H,6,8-17H2,1-5,7H3,(H2,27,28,29,30). The number of hydrogen-bond donors (Lipinski definition) is 3. The molecule has 0 fully saturated rings. The molecular formula is C25H44N6OS. The van der Waals surface area contributed by atoms with E-state index in [2.05, 4.69) is 68.9 Å². The van der Waals surface area contributed by atoms with Crippen LogP contribution in [-0.2, 0) is 5.75 Å². The van der Waals surface area contributed by atoms with Crippen molar-refractivity contribution in [3.63, 3.8) is 0 Å². The minimum atomic E-state index is 0.141. The van der Waals surface area contributed by atoms with Gasteiger partial charge in [-0.3, -0.25) is 4.99 Å². The average Bonchev–Trinajstić information content (AvgIpc) is 2.95. The van der Waals surface area contributed by atoms with E-state index in [-0.39, 0.29) is 12.0 Å². The maximum absolute atomic E-state index is 9.54. The van der Waals surface area contributed by atoms with Crippen LogP contribution in [0.4, 0.5) is 11.8 Å². The van der Waals surface area contributed by atoms with Crippen LogP contribution >= 0.6 is 11.8 Å². The van der Waals surface area contributed by atoms with E-state index in [1.165, 1.54) is 4.91 Å². The number of aryl methyl sites for hydroxylation is 1. The van der Waals surface area contributed by atoms with Crippen LogP contribution in [0, 0.1) is 18.3 Å². The van der Waals surface area contributed by atoms with Gasteiger partial charge in [-0.2, -0.15) is 4.98 Å². The second-order valence-electron chi connectivity index (χ2n) is 10.2. The van der Waals surface area contributed by atoms with Gasteiger partial charge in [-0.15, -0.1) is 11.8 Å². The van der Waals surface area contributed by atoms with E-state index in [0.29, 0.717) is 11.9 Å². The van der Waals surface area contributed by atoms with Gasteiger partial charge in [0.05, 0.1) is 5.70 Å². The molecule has 1 aliphatic rings. The van der Waals surface area contributed by atoms with Gasteiger partial charge in [0.1, 0.15) is 5.82 Å². The first-order chi connectivity index (χ1) is 15.7. The highest BCUT2D eigenvalue weighted by Crippen LogP contribution is 2.34. The summed E-state index contributed by atoms with van der Waals surface area (Å²) in [5, 5.41) is 16.5. The Morgan fingerprint density at radius 3 is 2.58 bits per heavy atom. The highest BCUT2D eigenvalue weighted by Gasteiger charge is 2.18. The number of aromatic nitrogens is 2. The van der Waals surface area contributed by atoms with Gasteiger partial charge in [-0.1, -0.05) is 34.1 Å². The lowest BCUT2D eigenvalue weighted by atomic mass is 9.97. The van der Waals surface area contributed by atoms with Crippen molar-refractivity contribution in [1.82, 2.24) is 14.9 Å². The quantitative estimate of drug-likeness (QED) is 0.369. The lowest BCUT2D eigenvalue weighted by Gasteiger charge is -2.21. The normalized spacial score (nSPS) is 16.5. The Labute approximate surface area is 205 Å². The molecule has 0 amide bonds. The summed E-state index contributed by atoms with van der Waals surface area (Å²) in [5.74, 6) is 2.66. The van der Waals surface area contributed by atoms with Gasteiger partial charge in [0.25, 0.3) is 0 Å². The maximum Gasteiger partial charge on any atom is 0.224 e. The predicted molar refractivity (Wildman–Crippen MR) is 143 cm³/mol. The summed E-state index contributed by atoms with van der Waals surface area (Å²) in [6.07, 6.45) is 3.83. The van der Waals surface area contributed by atoms with E-state index < -0.39 is 0 Å². The molecule has 2 heterocycles. The van der Waals surface area contributed by atoms with Crippen molar-refractivity contribution in [1.29, 1.82) is 0 Å². The van der Waals surface area contributed by atoms with Crippen LogP contribution in [0.3, 0.4) is 0 Å². The molecule has 33 heavy (non-hydrogen) atoms. The lowest BCUT2D eigenvalue weighted by molar-refractivity contribution is 0.217. The molecule has 8 heteroatoms. The second kappa shape index (κ2) is 13.3. The zero-order valence-corrected chi connectivity index (χ0v) is 22.3. The average molecular weight is 477 g/mol. The van der Waals surface area contributed by atoms with E-state index in [9.17, 15) is 5.11 Å². The van der Waals surface area contributed by atoms with Crippen LogP contribution in [0.2, 0.25) is 0 Å². The van der Waals surface area contributed by atoms with Crippen LogP contribution in [0.15, 0.2) is 15.6 Å². The number of aliphatic hydroxyl groups excluding tert-OH is 1. The summed E-state index contributed by atoms with van der Waals surface area (Å²) in [6, 6.07) is 0. The molecule has 1 aromatic heterocycles. The Kier molecular flexibility index (Phi) is 11.1. The predicted octanol–water partition coefficient (Wildman–Crippen LogP) is 4.93. The fraction of sp³-hybridized carbons (Fsp3) is 0.720. The number of rotatable bonds is 12. The summed E-state index contributed by atoms with van der Waals surface area (Å²) in [7, 11) is 2.16. The number of nitrogens with zero attached hydrogens (tertiary/aromatic N) is 4. The smallest absolute Gasteiger partial charge is 0.224 e. The molecule has 3 N–H and O–H groups in total. The van der Waals surface area contributed by atoms with Gasteiger partial charge in [0.15, 0.2) is 0 Å². The first-order valence-corrected chi connectivity index (χ1v) is 13.1. The van der Waals surface area contributed by atoms with E-state index in [1.807, 2.05) is 11.8 Å². The second-order valence-corrected chi connectivity index (χ2v) is 11.2. The molecule has 1 atom stereocenters. The topological polar surface area (TPSA) is 85.7 Å². The molecule has 7 nitrogen and oxygen atoms in total. The van der Waals surface area contributed by atoms with E-state index in [4.69, 9.17) is 9.97 Å². The zero-order valence-electron chi connectivity index (χ0n) is 21.5. The lowest BCUT2D eigenvalue weighted by Crippen LogP contribution is -2.21. The first kappa shape index (κ1) is 27.6. The van der Waals surface area contributed by atoms with Crippen molar-refractivity contribution in [2.45, 2.75) is 66.1 Å². The van der Waals surface area contributed by atoms with Gasteiger partial charge >= 0.3 is 0 Å². The van der Waals surface area contributed by atoms with Crippen LogP contribution in [0.1, 0.15) is 64.6 Å². The molecule has 186 valence electrons. The third-order valence-electron chi connectivity index (χ3n) is 6.03. The van der Waals surface area contributed by atoms with E-state index in [1.54, 1.807) is 0 Å². The van der Waals surface area contributed by atoms with E-state index in [0.717, 1.165) is 80.4 Å². The number of thioether (sulfide) groups is 1. The minimum Gasteiger partial charge on any atom is -0.396 e. The summed E-state index contributed by atoms with van der Waals surface area (Å²) < 4.78 is 0. The summed E-state index contributed by atoms with van der Waals surface area (Å²) in [5.41, 5.74) is 3.38. The van der Waals surface area contributed by atoms with Crippen LogP contribution in [0.5, 0.6) is 0 Å². The highest BCUT2D eigenvalue weighted by molar-refractivity contribution is 8.02. The van der Waals surface area contributed by atoms with Crippen molar-refractivity contribution in [3.8, 4) is 0 Å². The number of aliphatic imine (C=N–C) groups is 1. The molecule has 0 bridgehead atoms. The molecule has 0 aromatic carbocycles. The van der Waals surface area contributed by atoms with Crippen molar-refractivity contribution in [3.05, 3.63) is 21.9 Å². The number of aliphatic hydroxyl groups is 1. The number of nitrogens with one attached hydrogen (secondary N) is 2. The van der Waals surface area contributed by atoms with Gasteiger partial charge in [0.2, 0.25) is 5.95 Å². The molecule has 0 radical (unpaired) electrons. The third-order valence-corrected chi connectivity index (χ3v) is 7.25. The van der Waals surface area contributed by atoms with Gasteiger partial charge in [-0.05, 0) is 44.9 Å². The Bertz CT molecular complexity index is 801. The van der Waals surface area contributed by atoms with E-state index >= 15 is 0 Å². The Morgan fingerprint density at radius 1 is 1.21 bits per heavy atom. The first-order valence-electron chi connectivity index (χ1n) is 12.1. The summed E-state index contributed by atoms with van der Waals surface area (Å²) >= 11 is 1.84. The van der Waals surface area contributed by atoms with Crippen LogP contribution in [-0.4, -0.2) is 66.5 Å². The molecule has 0 spiro atoms. The largest absolute Gasteiger partial charge is 0.396 e. The molecule has 1 aliphatic heterocycles. The Hall–Kier alpha value is -1.64. The summed E-state index contributed by atoms with van der Waals surface area (Å²) in [6.45, 7) is 18.4. The summed E-state index contributed by atoms with van der Waals surface area (Å²) in [4.78, 5) is 17.6. The van der Waals surface area contributed by atoms with Gasteiger partial charge in [0, 0.05) is 61.1 Å². The van der Waals surface area contributed by atoms with Crippen molar-refractivity contribution in [2.75, 3.05) is 50.5 Å². The molecular weight excluding hydrogens is 432 g/mol.